The molecule has 0 bridgehead atoms. The highest BCUT2D eigenvalue weighted by molar-refractivity contribution is 5.89. The molecule has 2 N–H and O–H groups in total. The first-order valence-corrected chi connectivity index (χ1v) is 9.05. The predicted octanol–water partition coefficient (Wildman–Crippen LogP) is 3.61. The molecular formula is C21H24FN3O2. The van der Waals surface area contributed by atoms with Crippen molar-refractivity contribution < 1.29 is 14.0 Å². The number of urea groups is 1. The van der Waals surface area contributed by atoms with E-state index in [4.69, 9.17) is 0 Å². The zero-order valence-corrected chi connectivity index (χ0v) is 15.6. The number of halogens is 1. The van der Waals surface area contributed by atoms with Crippen LogP contribution < -0.4 is 10.6 Å². The number of amides is 3. The van der Waals surface area contributed by atoms with Crippen LogP contribution in [0.3, 0.4) is 0 Å². The minimum atomic E-state index is -0.289. The number of hydrogen-bond donors (Lipinski definition) is 2. The average molecular weight is 369 g/mol. The molecule has 1 aliphatic rings. The van der Waals surface area contributed by atoms with Crippen LogP contribution in [0.1, 0.15) is 23.1 Å². The monoisotopic (exact) mass is 369 g/mol. The molecular weight excluding hydrogens is 345 g/mol. The Labute approximate surface area is 158 Å². The topological polar surface area (TPSA) is 61.4 Å². The molecule has 0 aromatic heterocycles. The van der Waals surface area contributed by atoms with Crippen LogP contribution in [0.4, 0.5) is 14.9 Å². The fourth-order valence-corrected chi connectivity index (χ4v) is 3.19. The lowest BCUT2D eigenvalue weighted by molar-refractivity contribution is -0.128. The molecule has 2 aromatic rings. The second-order valence-electron chi connectivity index (χ2n) is 7.10. The maximum absolute atomic E-state index is 13.0. The van der Waals surface area contributed by atoms with Crippen LogP contribution in [0.2, 0.25) is 0 Å². The molecule has 1 heterocycles. The van der Waals surface area contributed by atoms with Crippen LogP contribution in [0.5, 0.6) is 0 Å². The summed E-state index contributed by atoms with van der Waals surface area (Å²) in [5.74, 6) is -0.160. The van der Waals surface area contributed by atoms with E-state index in [9.17, 15) is 14.0 Å². The molecule has 1 aliphatic heterocycles. The smallest absolute Gasteiger partial charge is 0.319 e. The molecule has 0 spiro atoms. The van der Waals surface area contributed by atoms with E-state index in [0.29, 0.717) is 26.1 Å². The summed E-state index contributed by atoms with van der Waals surface area (Å²) in [6.07, 6.45) is 0.408. The first-order chi connectivity index (χ1) is 12.9. The molecule has 0 saturated carbocycles. The maximum atomic E-state index is 13.0. The van der Waals surface area contributed by atoms with Gasteiger partial charge in [-0.2, -0.15) is 0 Å². The van der Waals surface area contributed by atoms with Gasteiger partial charge in [0.25, 0.3) is 0 Å². The fraction of sp³-hybridized carbons (Fsp3) is 0.333. The molecule has 1 saturated heterocycles. The summed E-state index contributed by atoms with van der Waals surface area (Å²) in [5.41, 5.74) is 3.93. The van der Waals surface area contributed by atoms with E-state index in [1.807, 2.05) is 32.0 Å². The van der Waals surface area contributed by atoms with Gasteiger partial charge in [0.15, 0.2) is 0 Å². The number of aryl methyl sites for hydroxylation is 2. The highest BCUT2D eigenvalue weighted by Gasteiger charge is 2.29. The van der Waals surface area contributed by atoms with E-state index >= 15 is 0 Å². The first kappa shape index (κ1) is 18.9. The largest absolute Gasteiger partial charge is 0.338 e. The molecule has 0 radical (unpaired) electrons. The maximum Gasteiger partial charge on any atom is 0.319 e. The van der Waals surface area contributed by atoms with Gasteiger partial charge in [-0.05, 0) is 54.8 Å². The summed E-state index contributed by atoms with van der Waals surface area (Å²) in [4.78, 5) is 26.0. The first-order valence-electron chi connectivity index (χ1n) is 9.05. The number of nitrogens with one attached hydrogen (secondary N) is 2. The minimum Gasteiger partial charge on any atom is -0.338 e. The molecule has 2 aromatic carbocycles. The Balaban J connectivity index is 1.47. The Morgan fingerprint density at radius 1 is 1.15 bits per heavy atom. The SMILES string of the molecule is Cc1ccc(NC(=O)NCC2CC(=O)N(Cc3ccc(F)cc3)C2)cc1C. The molecule has 6 heteroatoms. The number of rotatable bonds is 5. The number of hydrogen-bond acceptors (Lipinski definition) is 2. The third-order valence-electron chi connectivity index (χ3n) is 4.90. The summed E-state index contributed by atoms with van der Waals surface area (Å²) in [5, 5.41) is 5.66. The summed E-state index contributed by atoms with van der Waals surface area (Å²) < 4.78 is 13.0. The van der Waals surface area contributed by atoms with Crippen LogP contribution in [0, 0.1) is 25.6 Å². The van der Waals surface area contributed by atoms with E-state index in [2.05, 4.69) is 10.6 Å². The lowest BCUT2D eigenvalue weighted by atomic mass is 10.1. The molecule has 5 nitrogen and oxygen atoms in total. The second kappa shape index (κ2) is 8.20. The van der Waals surface area contributed by atoms with Gasteiger partial charge in [-0.1, -0.05) is 18.2 Å². The van der Waals surface area contributed by atoms with Gasteiger partial charge in [0.05, 0.1) is 0 Å². The molecule has 142 valence electrons. The lowest BCUT2D eigenvalue weighted by Gasteiger charge is -2.17. The van der Waals surface area contributed by atoms with Gasteiger partial charge >= 0.3 is 6.03 Å². The van der Waals surface area contributed by atoms with Crippen molar-refractivity contribution in [3.63, 3.8) is 0 Å². The Morgan fingerprint density at radius 2 is 1.89 bits per heavy atom. The lowest BCUT2D eigenvalue weighted by Crippen LogP contribution is -2.34. The van der Waals surface area contributed by atoms with Gasteiger partial charge in [0.2, 0.25) is 5.91 Å². The Kier molecular flexibility index (Phi) is 5.74. The molecule has 0 aliphatic carbocycles. The summed E-state index contributed by atoms with van der Waals surface area (Å²) in [6.45, 7) is 5.50. The van der Waals surface area contributed by atoms with Crippen LogP contribution in [0.15, 0.2) is 42.5 Å². The normalized spacial score (nSPS) is 16.5. The molecule has 1 fully saturated rings. The predicted molar refractivity (Wildman–Crippen MR) is 103 cm³/mol. The molecule has 1 atom stereocenters. The van der Waals surface area contributed by atoms with Crippen molar-refractivity contribution in [2.24, 2.45) is 5.92 Å². The van der Waals surface area contributed by atoms with Gasteiger partial charge in [-0.3, -0.25) is 4.79 Å². The van der Waals surface area contributed by atoms with Gasteiger partial charge in [-0.25, -0.2) is 9.18 Å². The average Bonchev–Trinajstić information content (AvgIpc) is 2.98. The van der Waals surface area contributed by atoms with Crippen molar-refractivity contribution in [3.05, 3.63) is 65.0 Å². The summed E-state index contributed by atoms with van der Waals surface area (Å²) >= 11 is 0. The van der Waals surface area contributed by atoms with Crippen molar-refractivity contribution in [2.45, 2.75) is 26.8 Å². The van der Waals surface area contributed by atoms with Gasteiger partial charge in [0.1, 0.15) is 5.82 Å². The van der Waals surface area contributed by atoms with Crippen molar-refractivity contribution >= 4 is 17.6 Å². The highest BCUT2D eigenvalue weighted by atomic mass is 19.1. The second-order valence-corrected chi connectivity index (χ2v) is 7.10. The zero-order valence-electron chi connectivity index (χ0n) is 15.6. The molecule has 3 rings (SSSR count). The van der Waals surface area contributed by atoms with Crippen LogP contribution in [-0.4, -0.2) is 29.9 Å². The number of anilines is 1. The van der Waals surface area contributed by atoms with E-state index in [1.54, 1.807) is 17.0 Å². The van der Waals surface area contributed by atoms with Crippen molar-refractivity contribution in [2.75, 3.05) is 18.4 Å². The zero-order chi connectivity index (χ0) is 19.4. The fourth-order valence-electron chi connectivity index (χ4n) is 3.19. The van der Waals surface area contributed by atoms with E-state index in [-0.39, 0.29) is 23.7 Å². The standard InChI is InChI=1S/C21H24FN3O2/c1-14-3-8-19(9-15(14)2)24-21(27)23-11-17-10-20(26)25(13-17)12-16-4-6-18(22)7-5-16/h3-9,17H,10-13H2,1-2H3,(H2,23,24,27). The van der Waals surface area contributed by atoms with Gasteiger partial charge in [-0.15, -0.1) is 0 Å². The summed E-state index contributed by atoms with van der Waals surface area (Å²) in [7, 11) is 0. The van der Waals surface area contributed by atoms with E-state index in [0.717, 1.165) is 16.8 Å². The van der Waals surface area contributed by atoms with Crippen LogP contribution >= 0.6 is 0 Å². The van der Waals surface area contributed by atoms with E-state index < -0.39 is 0 Å². The number of carbonyl (C=O) groups is 2. The number of carbonyl (C=O) groups excluding carboxylic acids is 2. The third kappa shape index (κ3) is 5.06. The number of benzene rings is 2. The molecule has 1 unspecified atom stereocenters. The highest BCUT2D eigenvalue weighted by Crippen LogP contribution is 2.20. The Bertz CT molecular complexity index is 836. The van der Waals surface area contributed by atoms with Crippen molar-refractivity contribution in [1.82, 2.24) is 10.2 Å². The van der Waals surface area contributed by atoms with Gasteiger partial charge in [0, 0.05) is 37.7 Å². The quantitative estimate of drug-likeness (QED) is 0.846. The Morgan fingerprint density at radius 3 is 2.59 bits per heavy atom. The summed E-state index contributed by atoms with van der Waals surface area (Å²) in [6, 6.07) is 11.6. The van der Waals surface area contributed by atoms with Gasteiger partial charge < -0.3 is 15.5 Å². The van der Waals surface area contributed by atoms with Crippen molar-refractivity contribution in [3.8, 4) is 0 Å². The minimum absolute atomic E-state index is 0.0562. The number of nitrogens with zero attached hydrogens (tertiary/aromatic N) is 1. The van der Waals surface area contributed by atoms with E-state index in [1.165, 1.54) is 17.7 Å². The Hall–Kier alpha value is -2.89. The molecule has 3 amide bonds. The number of likely N-dealkylation sites (tertiary alicyclic amines) is 1. The third-order valence-corrected chi connectivity index (χ3v) is 4.90. The van der Waals surface area contributed by atoms with Crippen LogP contribution in [0.25, 0.3) is 0 Å². The van der Waals surface area contributed by atoms with Crippen LogP contribution in [-0.2, 0) is 11.3 Å². The molecule has 27 heavy (non-hydrogen) atoms. The van der Waals surface area contributed by atoms with Crippen molar-refractivity contribution in [1.29, 1.82) is 0 Å².